The van der Waals surface area contributed by atoms with Gasteiger partial charge in [-0.05, 0) is 42.5 Å². The van der Waals surface area contributed by atoms with Gasteiger partial charge >= 0.3 is 0 Å². The number of aromatic nitrogens is 2. The van der Waals surface area contributed by atoms with E-state index in [4.69, 9.17) is 5.73 Å². The van der Waals surface area contributed by atoms with Crippen LogP contribution >= 0.6 is 39.0 Å². The lowest BCUT2D eigenvalue weighted by molar-refractivity contribution is -0.118. The SMILES string of the molecule is Cc1cccc(C2C(C#N)=C(N)N(c3nnc(SCC(=O)Nc4cccc(Br)c4)s3)C3=C2C(=O)CC(C)(C)C3)c1. The molecule has 1 atom stereocenters. The van der Waals surface area contributed by atoms with Gasteiger partial charge in [0.15, 0.2) is 10.1 Å². The van der Waals surface area contributed by atoms with Gasteiger partial charge in [-0.3, -0.25) is 14.5 Å². The number of nitrogens with zero attached hydrogens (tertiary/aromatic N) is 4. The summed E-state index contributed by atoms with van der Waals surface area (Å²) in [6, 6.07) is 17.5. The van der Waals surface area contributed by atoms with Crippen molar-refractivity contribution in [2.45, 2.75) is 43.9 Å². The van der Waals surface area contributed by atoms with Crippen molar-refractivity contribution in [3.8, 4) is 6.07 Å². The zero-order valence-electron chi connectivity index (χ0n) is 22.2. The molecule has 0 saturated heterocycles. The summed E-state index contributed by atoms with van der Waals surface area (Å²) < 4.78 is 1.45. The first-order valence-electron chi connectivity index (χ1n) is 12.6. The van der Waals surface area contributed by atoms with E-state index < -0.39 is 5.92 Å². The molecule has 1 amide bonds. The maximum Gasteiger partial charge on any atom is 0.234 e. The first-order valence-corrected chi connectivity index (χ1v) is 15.2. The molecule has 40 heavy (non-hydrogen) atoms. The molecule has 2 aromatic carbocycles. The maximum atomic E-state index is 13.7. The van der Waals surface area contributed by atoms with Crippen molar-refractivity contribution in [3.63, 3.8) is 0 Å². The van der Waals surface area contributed by atoms with Crippen LogP contribution in [0, 0.1) is 23.7 Å². The van der Waals surface area contributed by atoms with Crippen LogP contribution in [0.15, 0.2) is 80.0 Å². The monoisotopic (exact) mass is 634 g/mol. The lowest BCUT2D eigenvalue weighted by Gasteiger charge is -2.42. The minimum absolute atomic E-state index is 0.00587. The predicted octanol–water partition coefficient (Wildman–Crippen LogP) is 6.28. The van der Waals surface area contributed by atoms with Crippen LogP contribution in [0.4, 0.5) is 10.8 Å². The lowest BCUT2D eigenvalue weighted by atomic mass is 9.68. The molecule has 0 radical (unpaired) electrons. The topological polar surface area (TPSA) is 125 Å². The van der Waals surface area contributed by atoms with Gasteiger partial charge in [0.1, 0.15) is 5.82 Å². The Morgan fingerprint density at radius 2 is 2.02 bits per heavy atom. The Hall–Kier alpha value is -3.46. The largest absolute Gasteiger partial charge is 0.384 e. The number of carbonyl (C=O) groups is 2. The van der Waals surface area contributed by atoms with Crippen molar-refractivity contribution in [2.24, 2.45) is 11.1 Å². The van der Waals surface area contributed by atoms with Gasteiger partial charge < -0.3 is 11.1 Å². The zero-order chi connectivity index (χ0) is 28.6. The van der Waals surface area contributed by atoms with Crippen molar-refractivity contribution in [1.29, 1.82) is 5.26 Å². The summed E-state index contributed by atoms with van der Waals surface area (Å²) in [4.78, 5) is 27.9. The van der Waals surface area contributed by atoms with E-state index in [9.17, 15) is 14.9 Å². The van der Waals surface area contributed by atoms with Gasteiger partial charge in [-0.1, -0.05) is 88.8 Å². The number of aryl methyl sites for hydroxylation is 1. The van der Waals surface area contributed by atoms with Gasteiger partial charge in [0, 0.05) is 27.9 Å². The van der Waals surface area contributed by atoms with Gasteiger partial charge in [0.05, 0.1) is 23.3 Å². The molecule has 1 unspecified atom stereocenters. The zero-order valence-corrected chi connectivity index (χ0v) is 25.4. The molecule has 0 fully saturated rings. The number of hydrogen-bond donors (Lipinski definition) is 2. The summed E-state index contributed by atoms with van der Waals surface area (Å²) >= 11 is 5.94. The van der Waals surface area contributed by atoms with E-state index in [0.717, 1.165) is 21.3 Å². The molecule has 3 aromatic rings. The molecule has 0 saturated carbocycles. The number of thioether (sulfide) groups is 1. The van der Waals surface area contributed by atoms with E-state index in [2.05, 4.69) is 51.4 Å². The summed E-state index contributed by atoms with van der Waals surface area (Å²) in [5.74, 6) is -0.312. The minimum atomic E-state index is -0.539. The summed E-state index contributed by atoms with van der Waals surface area (Å²) in [6.45, 7) is 6.09. The Morgan fingerprint density at radius 1 is 1.25 bits per heavy atom. The van der Waals surface area contributed by atoms with E-state index >= 15 is 0 Å². The first kappa shape index (κ1) is 28.1. The first-order chi connectivity index (χ1) is 19.1. The standard InChI is InChI=1S/C29H27BrN6O2S2/c1-16-6-4-7-17(10-16)24-20(14-31)26(32)36(21-12-29(2,3)13-22(37)25(21)24)27-34-35-28(40-27)39-15-23(38)33-19-9-5-8-18(30)11-19/h4-11,24H,12-13,15,32H2,1-3H3,(H,33,38). The number of halogens is 1. The van der Waals surface area contributed by atoms with Crippen LogP contribution in [0.3, 0.4) is 0 Å². The quantitative estimate of drug-likeness (QED) is 0.303. The third-order valence-electron chi connectivity index (χ3n) is 6.78. The molecule has 3 N–H and O–H groups in total. The molecule has 5 rings (SSSR count). The van der Waals surface area contributed by atoms with Crippen molar-refractivity contribution < 1.29 is 9.59 Å². The molecular weight excluding hydrogens is 608 g/mol. The summed E-state index contributed by atoms with van der Waals surface area (Å²) in [5, 5.41) is 22.2. The van der Waals surface area contributed by atoms with E-state index in [1.54, 1.807) is 4.90 Å². The van der Waals surface area contributed by atoms with Gasteiger partial charge in [-0.2, -0.15) is 5.26 Å². The second-order valence-corrected chi connectivity index (χ2v) is 13.7. The number of Topliss-reactive ketones (excluding diaryl/α,β-unsaturated/α-hetero) is 1. The van der Waals surface area contributed by atoms with Crippen molar-refractivity contribution in [3.05, 3.63) is 86.8 Å². The fraction of sp³-hybridized carbons (Fsp3) is 0.276. The molecule has 2 aliphatic rings. The smallest absolute Gasteiger partial charge is 0.234 e. The molecule has 0 spiro atoms. The van der Waals surface area contributed by atoms with Crippen LogP contribution in [0.25, 0.3) is 0 Å². The van der Waals surface area contributed by atoms with E-state index in [0.29, 0.717) is 39.1 Å². The fourth-order valence-electron chi connectivity index (χ4n) is 5.15. The normalized spacial score (nSPS) is 18.4. The second-order valence-electron chi connectivity index (χ2n) is 10.6. The number of benzene rings is 2. The Balaban J connectivity index is 1.47. The molecule has 0 bridgehead atoms. The number of carbonyl (C=O) groups excluding carboxylic acids is 2. The fourth-order valence-corrected chi connectivity index (χ4v) is 7.23. The average Bonchev–Trinajstić information content (AvgIpc) is 3.34. The Bertz CT molecular complexity index is 1620. The number of ketones is 1. The summed E-state index contributed by atoms with van der Waals surface area (Å²) in [7, 11) is 0. The molecule has 204 valence electrons. The third kappa shape index (κ3) is 5.70. The number of hydrogen-bond acceptors (Lipinski definition) is 9. The van der Waals surface area contributed by atoms with Crippen molar-refractivity contribution in [1.82, 2.24) is 10.2 Å². The predicted molar refractivity (Wildman–Crippen MR) is 162 cm³/mol. The second kappa shape index (κ2) is 11.2. The molecule has 1 aromatic heterocycles. The van der Waals surface area contributed by atoms with Gasteiger partial charge in [-0.25, -0.2) is 0 Å². The van der Waals surface area contributed by atoms with Crippen LogP contribution < -0.4 is 16.0 Å². The highest BCUT2D eigenvalue weighted by atomic mass is 79.9. The van der Waals surface area contributed by atoms with Crippen LogP contribution in [0.2, 0.25) is 0 Å². The Labute approximate surface area is 249 Å². The Morgan fingerprint density at radius 3 is 2.75 bits per heavy atom. The number of allylic oxidation sites excluding steroid dienone is 3. The highest BCUT2D eigenvalue weighted by molar-refractivity contribution is 9.10. The molecular formula is C29H27BrN6O2S2. The maximum absolute atomic E-state index is 13.7. The van der Waals surface area contributed by atoms with Gasteiger partial charge in [-0.15, -0.1) is 10.2 Å². The lowest BCUT2D eigenvalue weighted by Crippen LogP contribution is -2.42. The van der Waals surface area contributed by atoms with Crippen LogP contribution in [-0.4, -0.2) is 27.6 Å². The van der Waals surface area contributed by atoms with Gasteiger partial charge in [0.25, 0.3) is 0 Å². The molecule has 11 heteroatoms. The molecule has 8 nitrogen and oxygen atoms in total. The number of nitriles is 1. The van der Waals surface area contributed by atoms with Crippen molar-refractivity contribution >= 4 is 61.5 Å². The highest BCUT2D eigenvalue weighted by Gasteiger charge is 2.45. The van der Waals surface area contributed by atoms with Crippen LogP contribution in [0.5, 0.6) is 0 Å². The summed E-state index contributed by atoms with van der Waals surface area (Å²) in [6.07, 6.45) is 0.970. The van der Waals surface area contributed by atoms with Gasteiger partial charge in [0.2, 0.25) is 11.0 Å². The molecule has 1 aliphatic carbocycles. The van der Waals surface area contributed by atoms with Crippen LogP contribution in [-0.2, 0) is 9.59 Å². The Kier molecular flexibility index (Phi) is 7.86. The molecule has 1 aliphatic heterocycles. The van der Waals surface area contributed by atoms with E-state index in [-0.39, 0.29) is 28.7 Å². The molecule has 2 heterocycles. The third-order valence-corrected chi connectivity index (χ3v) is 9.31. The number of nitrogens with two attached hydrogens (primary N) is 1. The summed E-state index contributed by atoms with van der Waals surface area (Å²) in [5.41, 5.74) is 10.7. The number of amides is 1. The number of nitrogens with one attached hydrogen (secondary N) is 1. The van der Waals surface area contributed by atoms with Crippen LogP contribution in [0.1, 0.15) is 43.7 Å². The van der Waals surface area contributed by atoms with E-state index in [1.807, 2.05) is 55.5 Å². The van der Waals surface area contributed by atoms with E-state index in [1.165, 1.54) is 23.1 Å². The highest BCUT2D eigenvalue weighted by Crippen LogP contribution is 2.50. The van der Waals surface area contributed by atoms with Crippen molar-refractivity contribution in [2.75, 3.05) is 16.0 Å². The number of rotatable bonds is 6. The number of anilines is 2. The minimum Gasteiger partial charge on any atom is -0.384 e. The average molecular weight is 636 g/mol.